The fourth-order valence-corrected chi connectivity index (χ4v) is 2.95. The van der Waals surface area contributed by atoms with Gasteiger partial charge in [0.25, 0.3) is 5.91 Å². The van der Waals surface area contributed by atoms with Gasteiger partial charge in [0.15, 0.2) is 6.61 Å². The molecule has 1 amide bonds. The third-order valence-electron chi connectivity index (χ3n) is 3.83. The molecule has 1 N–H and O–H groups in total. The molecule has 6 heteroatoms. The molecule has 0 aliphatic carbocycles. The fourth-order valence-electron chi connectivity index (χ4n) is 2.65. The van der Waals surface area contributed by atoms with Crippen LogP contribution in [-0.2, 0) is 4.79 Å². The second-order valence-corrected chi connectivity index (χ2v) is 7.18. The van der Waals surface area contributed by atoms with Gasteiger partial charge in [-0.05, 0) is 79.6 Å². The lowest BCUT2D eigenvalue weighted by molar-refractivity contribution is -0.118. The van der Waals surface area contributed by atoms with Gasteiger partial charge in [-0.3, -0.25) is 4.79 Å². The highest BCUT2D eigenvalue weighted by Crippen LogP contribution is 2.26. The van der Waals surface area contributed by atoms with Crippen molar-refractivity contribution in [3.8, 4) is 17.2 Å². The molecule has 0 radical (unpaired) electrons. The normalized spacial score (nSPS) is 10.4. The summed E-state index contributed by atoms with van der Waals surface area (Å²) in [6.07, 6.45) is 0. The van der Waals surface area contributed by atoms with Gasteiger partial charge < -0.3 is 14.8 Å². The Hall–Kier alpha value is -2.69. The molecule has 0 aliphatic heterocycles. The number of aryl methyl sites for hydroxylation is 2. The average molecular weight is 416 g/mol. The molecule has 0 heterocycles. The number of hydrogen-bond donors (Lipinski definition) is 1. The molecule has 3 rings (SSSR count). The van der Waals surface area contributed by atoms with Crippen molar-refractivity contribution in [1.29, 1.82) is 0 Å². The molecular formula is C22H19Cl2NO3. The lowest BCUT2D eigenvalue weighted by Crippen LogP contribution is -2.20. The van der Waals surface area contributed by atoms with Crippen LogP contribution in [0.15, 0.2) is 60.7 Å². The van der Waals surface area contributed by atoms with E-state index in [1.807, 2.05) is 26.0 Å². The van der Waals surface area contributed by atoms with Crippen LogP contribution in [0, 0.1) is 13.8 Å². The highest BCUT2D eigenvalue weighted by atomic mass is 35.5. The van der Waals surface area contributed by atoms with Gasteiger partial charge in [-0.2, -0.15) is 0 Å². The van der Waals surface area contributed by atoms with Crippen molar-refractivity contribution in [3.63, 3.8) is 0 Å². The van der Waals surface area contributed by atoms with Gasteiger partial charge in [0.1, 0.15) is 17.2 Å². The van der Waals surface area contributed by atoms with Gasteiger partial charge in [-0.25, -0.2) is 0 Å². The van der Waals surface area contributed by atoms with Crippen LogP contribution in [0.2, 0.25) is 10.0 Å². The predicted octanol–water partition coefficient (Wildman–Crippen LogP) is 6.42. The zero-order valence-corrected chi connectivity index (χ0v) is 17.0. The van der Waals surface area contributed by atoms with E-state index in [1.54, 1.807) is 42.5 Å². The monoisotopic (exact) mass is 415 g/mol. The van der Waals surface area contributed by atoms with Crippen LogP contribution >= 0.6 is 23.2 Å². The van der Waals surface area contributed by atoms with Gasteiger partial charge in [0.05, 0.1) is 10.0 Å². The topological polar surface area (TPSA) is 47.6 Å². The first-order valence-electron chi connectivity index (χ1n) is 8.63. The van der Waals surface area contributed by atoms with Crippen molar-refractivity contribution in [1.82, 2.24) is 0 Å². The Morgan fingerprint density at radius 1 is 0.821 bits per heavy atom. The Morgan fingerprint density at radius 3 is 2.11 bits per heavy atom. The van der Waals surface area contributed by atoms with E-state index in [1.165, 1.54) is 0 Å². The number of rotatable bonds is 6. The van der Waals surface area contributed by atoms with E-state index < -0.39 is 0 Å². The van der Waals surface area contributed by atoms with Gasteiger partial charge in [0, 0.05) is 5.69 Å². The van der Waals surface area contributed by atoms with Crippen LogP contribution in [0.5, 0.6) is 17.2 Å². The summed E-state index contributed by atoms with van der Waals surface area (Å²) in [4.78, 5) is 12.0. The second-order valence-electron chi connectivity index (χ2n) is 6.36. The van der Waals surface area contributed by atoms with E-state index >= 15 is 0 Å². The van der Waals surface area contributed by atoms with Gasteiger partial charge in [0.2, 0.25) is 0 Å². The maximum Gasteiger partial charge on any atom is 0.262 e. The quantitative estimate of drug-likeness (QED) is 0.505. The van der Waals surface area contributed by atoms with Gasteiger partial charge in [-0.1, -0.05) is 29.3 Å². The average Bonchev–Trinajstić information content (AvgIpc) is 2.63. The summed E-state index contributed by atoms with van der Waals surface area (Å²) < 4.78 is 11.4. The molecule has 28 heavy (non-hydrogen) atoms. The summed E-state index contributed by atoms with van der Waals surface area (Å²) in [6.45, 7) is 3.93. The van der Waals surface area contributed by atoms with Crippen LogP contribution in [0.25, 0.3) is 0 Å². The Morgan fingerprint density at radius 2 is 1.46 bits per heavy atom. The van der Waals surface area contributed by atoms with Crippen LogP contribution < -0.4 is 14.8 Å². The smallest absolute Gasteiger partial charge is 0.262 e. The summed E-state index contributed by atoms with van der Waals surface area (Å²) in [7, 11) is 0. The molecule has 0 aliphatic rings. The number of anilines is 1. The van der Waals surface area contributed by atoms with Crippen LogP contribution in [0.4, 0.5) is 5.69 Å². The molecular weight excluding hydrogens is 397 g/mol. The lowest BCUT2D eigenvalue weighted by Gasteiger charge is -2.10. The number of amides is 1. The maximum absolute atomic E-state index is 12.0. The molecule has 3 aromatic rings. The molecule has 0 saturated heterocycles. The number of carbonyl (C=O) groups excluding carboxylic acids is 1. The number of hydrogen-bond acceptors (Lipinski definition) is 3. The summed E-state index contributed by atoms with van der Waals surface area (Å²) in [5, 5.41) is 3.51. The number of ether oxygens (including phenoxy) is 2. The zero-order valence-electron chi connectivity index (χ0n) is 15.5. The van der Waals surface area contributed by atoms with Crippen molar-refractivity contribution in [3.05, 3.63) is 81.8 Å². The summed E-state index contributed by atoms with van der Waals surface area (Å²) in [5.74, 6) is 1.75. The molecule has 0 bridgehead atoms. The third-order valence-corrected chi connectivity index (χ3v) is 4.57. The van der Waals surface area contributed by atoms with E-state index in [9.17, 15) is 4.79 Å². The second kappa shape index (κ2) is 9.00. The number of halogens is 2. The number of carbonyl (C=O) groups is 1. The van der Waals surface area contributed by atoms with E-state index in [0.717, 1.165) is 16.9 Å². The van der Waals surface area contributed by atoms with Crippen molar-refractivity contribution in [2.75, 3.05) is 11.9 Å². The molecule has 144 valence electrons. The first kappa shape index (κ1) is 20.1. The first-order chi connectivity index (χ1) is 13.4. The van der Waals surface area contributed by atoms with Crippen LogP contribution in [0.1, 0.15) is 11.1 Å². The molecule has 0 atom stereocenters. The standard InChI is InChI=1S/C22H19Cl2NO3/c1-14-9-15(2)11-19(10-14)28-18-6-4-17(5-7-18)27-13-22(26)25-16-3-8-20(23)21(24)12-16/h3-12H,13H2,1-2H3,(H,25,26). The van der Waals surface area contributed by atoms with Crippen molar-refractivity contribution in [2.45, 2.75) is 13.8 Å². The van der Waals surface area contributed by atoms with Crippen LogP contribution in [0.3, 0.4) is 0 Å². The number of nitrogens with one attached hydrogen (secondary N) is 1. The Bertz CT molecular complexity index is 967. The van der Waals surface area contributed by atoms with E-state index in [4.69, 9.17) is 32.7 Å². The van der Waals surface area contributed by atoms with Gasteiger partial charge >= 0.3 is 0 Å². The lowest BCUT2D eigenvalue weighted by atomic mass is 10.1. The van der Waals surface area contributed by atoms with Crippen LogP contribution in [-0.4, -0.2) is 12.5 Å². The van der Waals surface area contributed by atoms with Crippen molar-refractivity contribution in [2.24, 2.45) is 0 Å². The Kier molecular flexibility index (Phi) is 6.45. The zero-order chi connectivity index (χ0) is 20.1. The molecule has 4 nitrogen and oxygen atoms in total. The first-order valence-corrected chi connectivity index (χ1v) is 9.38. The van der Waals surface area contributed by atoms with E-state index in [0.29, 0.717) is 27.2 Å². The predicted molar refractivity (Wildman–Crippen MR) is 113 cm³/mol. The summed E-state index contributed by atoms with van der Waals surface area (Å²) >= 11 is 11.8. The van der Waals surface area contributed by atoms with Crippen molar-refractivity contribution >= 4 is 34.8 Å². The largest absolute Gasteiger partial charge is 0.484 e. The Balaban J connectivity index is 1.53. The summed E-state index contributed by atoms with van der Waals surface area (Å²) in [6, 6.07) is 18.0. The molecule has 0 saturated carbocycles. The molecule has 0 unspecified atom stereocenters. The fraction of sp³-hybridized carbons (Fsp3) is 0.136. The SMILES string of the molecule is Cc1cc(C)cc(Oc2ccc(OCC(=O)Nc3ccc(Cl)c(Cl)c3)cc2)c1. The minimum absolute atomic E-state index is 0.127. The number of benzene rings is 3. The molecule has 0 spiro atoms. The molecule has 3 aromatic carbocycles. The highest BCUT2D eigenvalue weighted by molar-refractivity contribution is 6.42. The van der Waals surface area contributed by atoms with E-state index in [2.05, 4.69) is 11.4 Å². The van der Waals surface area contributed by atoms with E-state index in [-0.39, 0.29) is 12.5 Å². The summed E-state index contributed by atoms with van der Waals surface area (Å²) in [5.41, 5.74) is 2.84. The Labute approximate surface area is 174 Å². The molecule has 0 aromatic heterocycles. The third kappa shape index (κ3) is 5.65. The maximum atomic E-state index is 12.0. The van der Waals surface area contributed by atoms with Gasteiger partial charge in [-0.15, -0.1) is 0 Å². The minimum Gasteiger partial charge on any atom is -0.484 e. The minimum atomic E-state index is -0.297. The van der Waals surface area contributed by atoms with Crippen molar-refractivity contribution < 1.29 is 14.3 Å². The highest BCUT2D eigenvalue weighted by Gasteiger charge is 2.06. The molecule has 0 fully saturated rings.